The fraction of sp³-hybridized carbons (Fsp3) is 0.0625. The molecule has 0 saturated heterocycles. The lowest BCUT2D eigenvalue weighted by atomic mass is 10.2. The van der Waals surface area contributed by atoms with E-state index in [4.69, 9.17) is 23.3 Å². The summed E-state index contributed by atoms with van der Waals surface area (Å²) in [6.07, 6.45) is -3.59. The molecule has 0 atom stereocenters. The summed E-state index contributed by atoms with van der Waals surface area (Å²) in [4.78, 5) is 24.1. The minimum Gasteiger partial charge on any atom is -0.322 e. The van der Waals surface area contributed by atoms with Crippen molar-refractivity contribution in [3.05, 3.63) is 58.6 Å². The van der Waals surface area contributed by atoms with Gasteiger partial charge in [-0.1, -0.05) is 17.7 Å². The molecule has 28 heavy (non-hydrogen) atoms. The fourth-order valence-corrected chi connectivity index (χ4v) is 2.33. The van der Waals surface area contributed by atoms with Crippen molar-refractivity contribution in [1.82, 2.24) is 5.32 Å². The van der Waals surface area contributed by atoms with Gasteiger partial charge < -0.3 is 11.2 Å². The number of alkyl halides is 3. The molecule has 148 valence electrons. The van der Waals surface area contributed by atoms with E-state index in [1.165, 1.54) is 24.3 Å². The molecule has 0 bridgehead atoms. The van der Waals surface area contributed by atoms with E-state index in [9.17, 15) is 22.8 Å². The van der Waals surface area contributed by atoms with E-state index in [-0.39, 0.29) is 11.3 Å². The van der Waals surface area contributed by atoms with Gasteiger partial charge in [0.05, 0.1) is 16.3 Å². The van der Waals surface area contributed by atoms with Crippen molar-refractivity contribution in [2.45, 2.75) is 6.18 Å². The lowest BCUT2D eigenvalue weighted by Crippen LogP contribution is -2.35. The molecule has 0 aromatic heterocycles. The third-order valence-electron chi connectivity index (χ3n) is 3.35. The van der Waals surface area contributed by atoms with Crippen LogP contribution in [-0.2, 0) is 6.18 Å². The van der Waals surface area contributed by atoms with Crippen molar-refractivity contribution in [2.24, 2.45) is 16.8 Å². The Morgan fingerprint density at radius 3 is 2.54 bits per heavy atom. The smallest absolute Gasteiger partial charge is 0.322 e. The molecule has 2 aromatic rings. The van der Waals surface area contributed by atoms with Crippen molar-refractivity contribution < 1.29 is 22.8 Å². The molecule has 0 heterocycles. The number of hydrazine groups is 1. The van der Waals surface area contributed by atoms with Gasteiger partial charge in [0.15, 0.2) is 0 Å². The standard InChI is InChI=1S/C16H14ClF3N6O2/c17-13-5-4-10(7-12(13)16(18,19)20)24-15(28)25-14(27)9-2-1-3-11(6-9)26(22)8-23-21/h1-8H,21-22H2,(H2,24,25,27,28)/b23-8-. The van der Waals surface area contributed by atoms with Crippen molar-refractivity contribution in [3.8, 4) is 0 Å². The van der Waals surface area contributed by atoms with Gasteiger partial charge in [0.2, 0.25) is 0 Å². The Labute approximate surface area is 161 Å². The number of carbonyl (C=O) groups excluding carboxylic acids is 2. The molecule has 0 aliphatic carbocycles. The van der Waals surface area contributed by atoms with Crippen LogP contribution in [0, 0.1) is 0 Å². The minimum absolute atomic E-state index is 0.0700. The summed E-state index contributed by atoms with van der Waals surface area (Å²) in [7, 11) is 0. The quantitative estimate of drug-likeness (QED) is 0.265. The molecule has 0 aliphatic heterocycles. The molecule has 2 aromatic carbocycles. The van der Waals surface area contributed by atoms with Crippen LogP contribution in [0.3, 0.4) is 0 Å². The number of rotatable bonds is 4. The largest absolute Gasteiger partial charge is 0.417 e. The van der Waals surface area contributed by atoms with Crippen LogP contribution >= 0.6 is 11.6 Å². The first kappa shape index (κ1) is 21.0. The number of carbonyl (C=O) groups is 2. The summed E-state index contributed by atoms with van der Waals surface area (Å²) in [5.74, 6) is 9.81. The van der Waals surface area contributed by atoms with Crippen molar-refractivity contribution in [3.63, 3.8) is 0 Å². The van der Waals surface area contributed by atoms with Crippen molar-refractivity contribution >= 4 is 41.3 Å². The van der Waals surface area contributed by atoms with Gasteiger partial charge in [0.1, 0.15) is 6.34 Å². The third-order valence-corrected chi connectivity index (χ3v) is 3.68. The average molecular weight is 415 g/mol. The molecule has 3 amide bonds. The number of imide groups is 1. The number of nitrogens with two attached hydrogens (primary N) is 2. The summed E-state index contributed by atoms with van der Waals surface area (Å²) >= 11 is 5.51. The Balaban J connectivity index is 2.10. The molecule has 8 nitrogen and oxygen atoms in total. The highest BCUT2D eigenvalue weighted by molar-refractivity contribution is 6.31. The number of benzene rings is 2. The number of amides is 3. The SMILES string of the molecule is N/N=C\N(N)c1cccc(C(=O)NC(=O)Nc2ccc(Cl)c(C(F)(F)F)c2)c1. The van der Waals surface area contributed by atoms with Crippen LogP contribution in [0.5, 0.6) is 0 Å². The zero-order chi connectivity index (χ0) is 20.9. The minimum atomic E-state index is -4.69. The van der Waals surface area contributed by atoms with E-state index in [2.05, 4.69) is 10.4 Å². The van der Waals surface area contributed by atoms with Crippen LogP contribution in [0.25, 0.3) is 0 Å². The van der Waals surface area contributed by atoms with E-state index in [1.807, 2.05) is 5.32 Å². The first-order valence-corrected chi connectivity index (χ1v) is 7.86. The number of halogens is 4. The van der Waals surface area contributed by atoms with E-state index < -0.39 is 28.7 Å². The molecule has 0 radical (unpaired) electrons. The van der Waals surface area contributed by atoms with Gasteiger partial charge in [-0.2, -0.15) is 18.3 Å². The average Bonchev–Trinajstić information content (AvgIpc) is 2.62. The van der Waals surface area contributed by atoms with Gasteiger partial charge in [-0.25, -0.2) is 10.6 Å². The van der Waals surface area contributed by atoms with E-state index in [0.29, 0.717) is 11.8 Å². The van der Waals surface area contributed by atoms with Crippen LogP contribution < -0.4 is 27.3 Å². The number of hydrogen-bond acceptors (Lipinski definition) is 5. The normalized spacial score (nSPS) is 11.3. The maximum absolute atomic E-state index is 12.9. The second-order valence-corrected chi connectivity index (χ2v) is 5.73. The van der Waals surface area contributed by atoms with E-state index >= 15 is 0 Å². The summed E-state index contributed by atoms with van der Waals surface area (Å²) in [5, 5.41) is 7.90. The zero-order valence-corrected chi connectivity index (χ0v) is 14.8. The summed E-state index contributed by atoms with van der Waals surface area (Å²) in [6, 6.07) is 7.61. The van der Waals surface area contributed by atoms with Crippen LogP contribution in [0.1, 0.15) is 15.9 Å². The molecule has 0 saturated carbocycles. The number of hydrogen-bond donors (Lipinski definition) is 4. The lowest BCUT2D eigenvalue weighted by Gasteiger charge is -2.14. The highest BCUT2D eigenvalue weighted by Gasteiger charge is 2.33. The molecule has 0 aliphatic rings. The number of urea groups is 1. The van der Waals surface area contributed by atoms with Crippen LogP contribution in [0.4, 0.5) is 29.3 Å². The maximum atomic E-state index is 12.9. The van der Waals surface area contributed by atoms with Crippen molar-refractivity contribution in [1.29, 1.82) is 0 Å². The van der Waals surface area contributed by atoms with Gasteiger partial charge in [-0.15, -0.1) is 0 Å². The van der Waals surface area contributed by atoms with Gasteiger partial charge in [-0.3, -0.25) is 15.1 Å². The molecular formula is C16H14ClF3N6O2. The van der Waals surface area contributed by atoms with Gasteiger partial charge in [-0.05, 0) is 36.4 Å². The Morgan fingerprint density at radius 1 is 1.18 bits per heavy atom. The van der Waals surface area contributed by atoms with Crippen LogP contribution in [-0.4, -0.2) is 18.3 Å². The molecule has 2 rings (SSSR count). The Kier molecular flexibility index (Phi) is 6.44. The lowest BCUT2D eigenvalue weighted by molar-refractivity contribution is -0.137. The second-order valence-electron chi connectivity index (χ2n) is 5.32. The number of nitrogens with one attached hydrogen (secondary N) is 2. The van der Waals surface area contributed by atoms with Gasteiger partial charge >= 0.3 is 12.2 Å². The predicted molar refractivity (Wildman–Crippen MR) is 98.7 cm³/mol. The van der Waals surface area contributed by atoms with Crippen molar-refractivity contribution in [2.75, 3.05) is 10.3 Å². The third kappa shape index (κ3) is 5.34. The zero-order valence-electron chi connectivity index (χ0n) is 14.0. The first-order chi connectivity index (χ1) is 13.1. The fourth-order valence-electron chi connectivity index (χ4n) is 2.10. The van der Waals surface area contributed by atoms with Gasteiger partial charge in [0, 0.05) is 11.3 Å². The van der Waals surface area contributed by atoms with E-state index in [1.54, 1.807) is 6.07 Å². The maximum Gasteiger partial charge on any atom is 0.417 e. The highest BCUT2D eigenvalue weighted by atomic mass is 35.5. The summed E-state index contributed by atoms with van der Waals surface area (Å²) in [6.45, 7) is 0. The number of hydrazone groups is 1. The molecule has 6 N–H and O–H groups in total. The van der Waals surface area contributed by atoms with Gasteiger partial charge in [0.25, 0.3) is 5.91 Å². The first-order valence-electron chi connectivity index (χ1n) is 7.48. The summed E-state index contributed by atoms with van der Waals surface area (Å²) in [5.41, 5.74) is -0.881. The monoisotopic (exact) mass is 414 g/mol. The molecular weight excluding hydrogens is 401 g/mol. The highest BCUT2D eigenvalue weighted by Crippen LogP contribution is 2.36. The topological polar surface area (TPSA) is 126 Å². The Bertz CT molecular complexity index is 919. The predicted octanol–water partition coefficient (Wildman–Crippen LogP) is 2.90. The van der Waals surface area contributed by atoms with Crippen LogP contribution in [0.2, 0.25) is 5.02 Å². The molecule has 0 spiro atoms. The molecule has 12 heteroatoms. The second kappa shape index (κ2) is 8.59. The number of anilines is 2. The number of nitrogens with zero attached hydrogens (tertiary/aromatic N) is 2. The molecule has 0 unspecified atom stereocenters. The van der Waals surface area contributed by atoms with E-state index in [0.717, 1.165) is 17.4 Å². The van der Waals surface area contributed by atoms with Crippen LogP contribution in [0.15, 0.2) is 47.6 Å². The molecule has 0 fully saturated rings. The summed E-state index contributed by atoms with van der Waals surface area (Å²) < 4.78 is 38.6. The Hall–Kier alpha value is -3.31. The Morgan fingerprint density at radius 2 is 1.89 bits per heavy atom.